The molecular formula is C29H35N5O4. The Balaban J connectivity index is 0.00000336. The Bertz CT molecular complexity index is 1250. The molecule has 3 N–H and O–H groups in total. The number of methoxy groups -OCH3 is 1. The van der Waals surface area contributed by atoms with Crippen LogP contribution in [0.15, 0.2) is 67.1 Å². The molecule has 3 aromatic rings. The molecule has 0 unspecified atom stereocenters. The van der Waals surface area contributed by atoms with Gasteiger partial charge in [0.1, 0.15) is 11.8 Å². The van der Waals surface area contributed by atoms with Crippen LogP contribution in [0.1, 0.15) is 54.7 Å². The van der Waals surface area contributed by atoms with Crippen molar-refractivity contribution in [1.82, 2.24) is 25.5 Å². The summed E-state index contributed by atoms with van der Waals surface area (Å²) < 4.78 is 5.36. The number of nitrogens with zero attached hydrogens (tertiary/aromatic N) is 2. The third kappa shape index (κ3) is 5.27. The zero-order chi connectivity index (χ0) is 25.8. The number of carbonyl (C=O) groups excluding carboxylic acids is 3. The summed E-state index contributed by atoms with van der Waals surface area (Å²) in [5, 5.41) is 5.96. The number of urea groups is 1. The second-order valence-corrected chi connectivity index (χ2v) is 9.75. The van der Waals surface area contributed by atoms with E-state index in [4.69, 9.17) is 4.74 Å². The van der Waals surface area contributed by atoms with Gasteiger partial charge in [0.25, 0.3) is 11.8 Å². The molecule has 1 atom stereocenters. The number of benzene rings is 2. The predicted octanol–water partition coefficient (Wildman–Crippen LogP) is 3.83. The van der Waals surface area contributed by atoms with Crippen LogP contribution in [0.3, 0.4) is 0 Å². The van der Waals surface area contributed by atoms with Crippen LogP contribution in [0.2, 0.25) is 0 Å². The van der Waals surface area contributed by atoms with Gasteiger partial charge in [-0.1, -0.05) is 49.9 Å². The van der Waals surface area contributed by atoms with Gasteiger partial charge in [0.2, 0.25) is 0 Å². The molecule has 1 aromatic heterocycles. The van der Waals surface area contributed by atoms with Crippen LogP contribution in [-0.4, -0.2) is 58.5 Å². The van der Waals surface area contributed by atoms with Gasteiger partial charge in [-0.2, -0.15) is 0 Å². The van der Waals surface area contributed by atoms with Crippen LogP contribution < -0.4 is 15.4 Å². The summed E-state index contributed by atoms with van der Waals surface area (Å²) in [6.07, 6.45) is 6.40. The number of carbonyl (C=O) groups is 3. The molecule has 2 heterocycles. The van der Waals surface area contributed by atoms with Crippen LogP contribution in [0, 0.1) is 0 Å². The molecule has 5 rings (SSSR count). The molecule has 1 aliphatic carbocycles. The Morgan fingerprint density at radius 2 is 1.82 bits per heavy atom. The van der Waals surface area contributed by atoms with E-state index >= 15 is 0 Å². The summed E-state index contributed by atoms with van der Waals surface area (Å²) in [6, 6.07) is 16.2. The lowest BCUT2D eigenvalue weighted by Crippen LogP contribution is -2.49. The minimum atomic E-state index is -0.589. The first-order valence-corrected chi connectivity index (χ1v) is 12.6. The number of ether oxygens (including phenoxy) is 1. The van der Waals surface area contributed by atoms with Gasteiger partial charge >= 0.3 is 6.03 Å². The Hall–Kier alpha value is -4.14. The van der Waals surface area contributed by atoms with Crippen molar-refractivity contribution in [3.05, 3.63) is 83.9 Å². The van der Waals surface area contributed by atoms with Gasteiger partial charge in [0.15, 0.2) is 0 Å². The zero-order valence-corrected chi connectivity index (χ0v) is 20.8. The maximum absolute atomic E-state index is 13.1. The lowest BCUT2D eigenvalue weighted by Gasteiger charge is -2.42. The fourth-order valence-corrected chi connectivity index (χ4v) is 5.60. The number of para-hydroxylation sites is 1. The first kappa shape index (κ1) is 26.9. The van der Waals surface area contributed by atoms with Crippen LogP contribution in [0.4, 0.5) is 4.79 Å². The fourth-order valence-electron chi connectivity index (χ4n) is 5.60. The van der Waals surface area contributed by atoms with Gasteiger partial charge in [-0.15, -0.1) is 0 Å². The summed E-state index contributed by atoms with van der Waals surface area (Å²) in [6.45, 7) is 0.448. The molecule has 0 bridgehead atoms. The van der Waals surface area contributed by atoms with E-state index in [2.05, 4.69) is 32.7 Å². The normalized spacial score (nSPS) is 22.9. The highest BCUT2D eigenvalue weighted by Crippen LogP contribution is 2.41. The molecule has 9 heteroatoms. The van der Waals surface area contributed by atoms with E-state index in [0.717, 1.165) is 24.1 Å². The lowest BCUT2D eigenvalue weighted by molar-refractivity contribution is -0.129. The molecule has 2 aromatic carbocycles. The van der Waals surface area contributed by atoms with Crippen molar-refractivity contribution in [3.8, 4) is 5.75 Å². The first-order chi connectivity index (χ1) is 18.0. The van der Waals surface area contributed by atoms with Crippen molar-refractivity contribution >= 4 is 17.8 Å². The smallest absolute Gasteiger partial charge is 0.325 e. The second kappa shape index (κ2) is 11.5. The summed E-state index contributed by atoms with van der Waals surface area (Å²) >= 11 is 0. The van der Waals surface area contributed by atoms with E-state index in [1.54, 1.807) is 31.8 Å². The van der Waals surface area contributed by atoms with Crippen molar-refractivity contribution in [1.29, 1.82) is 0 Å². The Morgan fingerprint density at radius 3 is 2.50 bits per heavy atom. The van der Waals surface area contributed by atoms with E-state index in [0.29, 0.717) is 37.1 Å². The number of imidazole rings is 1. The Kier molecular flexibility index (Phi) is 8.14. The van der Waals surface area contributed by atoms with E-state index in [1.807, 2.05) is 30.3 Å². The number of amides is 4. The molecule has 200 valence electrons. The number of hydrogen-bond donors (Lipinski definition) is 3. The van der Waals surface area contributed by atoms with Crippen LogP contribution >= 0.6 is 0 Å². The van der Waals surface area contributed by atoms with Gasteiger partial charge in [-0.05, 0) is 43.4 Å². The maximum Gasteiger partial charge on any atom is 0.325 e. The zero-order valence-electron chi connectivity index (χ0n) is 20.8. The number of H-pyrrole nitrogens is 1. The van der Waals surface area contributed by atoms with Gasteiger partial charge in [0.05, 0.1) is 19.0 Å². The highest BCUT2D eigenvalue weighted by Gasteiger charge is 2.46. The van der Waals surface area contributed by atoms with Gasteiger partial charge < -0.3 is 20.4 Å². The Labute approximate surface area is 223 Å². The molecular weight excluding hydrogens is 482 g/mol. The molecule has 2 fully saturated rings. The van der Waals surface area contributed by atoms with Gasteiger partial charge in [-0.25, -0.2) is 9.78 Å². The van der Waals surface area contributed by atoms with Crippen LogP contribution in [0.25, 0.3) is 0 Å². The maximum atomic E-state index is 13.1. The SMILES string of the molecule is C.COc1ccccc1C(=O)NCC1(c2ccccc2)CCC(N2C(=O)N[C@@H](Cc3cnc[nH]3)C2=O)CC1. The largest absolute Gasteiger partial charge is 0.496 e. The molecule has 1 aliphatic heterocycles. The third-order valence-corrected chi connectivity index (χ3v) is 7.63. The molecule has 2 aliphatic rings. The number of imide groups is 1. The summed E-state index contributed by atoms with van der Waals surface area (Å²) in [5.74, 6) is 0.146. The highest BCUT2D eigenvalue weighted by atomic mass is 16.5. The topological polar surface area (TPSA) is 116 Å². The molecule has 4 amide bonds. The molecule has 0 spiro atoms. The molecule has 1 saturated carbocycles. The quantitative estimate of drug-likeness (QED) is 0.393. The van der Waals surface area contributed by atoms with Crippen molar-refractivity contribution in [2.75, 3.05) is 13.7 Å². The van der Waals surface area contributed by atoms with E-state index in [1.165, 1.54) is 4.90 Å². The van der Waals surface area contributed by atoms with Crippen molar-refractivity contribution in [3.63, 3.8) is 0 Å². The molecule has 0 radical (unpaired) electrons. The minimum absolute atomic E-state index is 0. The molecule has 1 saturated heterocycles. The molecule has 38 heavy (non-hydrogen) atoms. The molecule has 9 nitrogen and oxygen atoms in total. The lowest BCUT2D eigenvalue weighted by atomic mass is 9.67. The van der Waals surface area contributed by atoms with Gasteiger partial charge in [-0.3, -0.25) is 14.5 Å². The second-order valence-electron chi connectivity index (χ2n) is 9.75. The fraction of sp³-hybridized carbons (Fsp3) is 0.379. The van der Waals surface area contributed by atoms with E-state index < -0.39 is 6.04 Å². The Morgan fingerprint density at radius 1 is 1.11 bits per heavy atom. The van der Waals surface area contributed by atoms with E-state index in [9.17, 15) is 14.4 Å². The van der Waals surface area contributed by atoms with Crippen molar-refractivity contribution in [2.24, 2.45) is 0 Å². The predicted molar refractivity (Wildman–Crippen MR) is 144 cm³/mol. The monoisotopic (exact) mass is 517 g/mol. The first-order valence-electron chi connectivity index (χ1n) is 12.6. The van der Waals surface area contributed by atoms with E-state index in [-0.39, 0.29) is 36.7 Å². The minimum Gasteiger partial charge on any atom is -0.496 e. The number of aromatic amines is 1. The van der Waals surface area contributed by atoms with Crippen LogP contribution in [0.5, 0.6) is 5.75 Å². The standard InChI is InChI=1S/C28H31N5O4.CH4/c1-37-24-10-6-5-9-22(24)25(34)30-17-28(19-7-3-2-4-8-19)13-11-21(12-14-28)33-26(35)23(32-27(33)36)15-20-16-29-18-31-20;/h2-10,16,18,21,23H,11-15,17H2,1H3,(H,29,31)(H,30,34)(H,32,36);1H4/t21?,23-,28?;/m0./s1. The van der Waals surface area contributed by atoms with Gasteiger partial charge in [0, 0.05) is 36.3 Å². The highest BCUT2D eigenvalue weighted by molar-refractivity contribution is 6.04. The number of rotatable bonds is 8. The third-order valence-electron chi connectivity index (χ3n) is 7.63. The average Bonchev–Trinajstić information content (AvgIpc) is 3.55. The number of nitrogens with one attached hydrogen (secondary N) is 3. The summed E-state index contributed by atoms with van der Waals surface area (Å²) in [5.41, 5.74) is 2.13. The number of aromatic nitrogens is 2. The summed E-state index contributed by atoms with van der Waals surface area (Å²) in [4.78, 5) is 47.4. The van der Waals surface area contributed by atoms with Crippen molar-refractivity contribution in [2.45, 2.75) is 57.0 Å². The summed E-state index contributed by atoms with van der Waals surface area (Å²) in [7, 11) is 1.55. The van der Waals surface area contributed by atoms with Crippen LogP contribution in [-0.2, 0) is 16.6 Å². The average molecular weight is 518 g/mol. The number of hydrogen-bond acceptors (Lipinski definition) is 5. The van der Waals surface area contributed by atoms with Crippen molar-refractivity contribution < 1.29 is 19.1 Å².